The summed E-state index contributed by atoms with van der Waals surface area (Å²) in [6.07, 6.45) is 8.40. The van der Waals surface area contributed by atoms with Gasteiger partial charge >= 0.3 is 0 Å². The molecule has 0 aromatic rings. The molecule has 2 rings (SSSR count). The molecule has 1 N–H and O–H groups in total. The molecule has 1 aliphatic heterocycles. The van der Waals surface area contributed by atoms with Crippen LogP contribution in [0, 0.1) is 5.92 Å². The second kappa shape index (κ2) is 5.38. The molecule has 3 atom stereocenters. The van der Waals surface area contributed by atoms with Crippen molar-refractivity contribution in [3.05, 3.63) is 24.3 Å². The van der Waals surface area contributed by atoms with E-state index in [2.05, 4.69) is 12.2 Å². The van der Waals surface area contributed by atoms with Crippen molar-refractivity contribution in [2.45, 2.75) is 38.8 Å². The number of likely N-dealkylation sites (tertiary alicyclic amines) is 1. The number of carbonyl (C=O) groups is 2. The Kier molecular flexibility index (Phi) is 3.84. The molecular formula is C14H20N2O2. The third-order valence-corrected chi connectivity index (χ3v) is 3.52. The van der Waals surface area contributed by atoms with Crippen LogP contribution in [0.1, 0.15) is 26.7 Å². The van der Waals surface area contributed by atoms with Gasteiger partial charge in [-0.2, -0.15) is 0 Å². The second-order valence-electron chi connectivity index (χ2n) is 5.12. The highest BCUT2D eigenvalue weighted by molar-refractivity contribution is 5.89. The quantitative estimate of drug-likeness (QED) is 0.601. The SMILES string of the molecule is C/C=C/C=C/C(=O)NC1CC(=O)N(C2CC2C)C1. The lowest BCUT2D eigenvalue weighted by molar-refractivity contribution is -0.128. The number of rotatable bonds is 4. The molecular weight excluding hydrogens is 228 g/mol. The van der Waals surface area contributed by atoms with E-state index in [9.17, 15) is 9.59 Å². The summed E-state index contributed by atoms with van der Waals surface area (Å²) in [6.45, 7) is 4.72. The molecule has 3 unspecified atom stereocenters. The van der Waals surface area contributed by atoms with Crippen molar-refractivity contribution in [2.75, 3.05) is 6.54 Å². The van der Waals surface area contributed by atoms with Crippen molar-refractivity contribution < 1.29 is 9.59 Å². The zero-order chi connectivity index (χ0) is 13.1. The summed E-state index contributed by atoms with van der Waals surface area (Å²) in [5.41, 5.74) is 0. The van der Waals surface area contributed by atoms with Crippen molar-refractivity contribution in [3.8, 4) is 0 Å². The number of nitrogens with one attached hydrogen (secondary N) is 1. The third kappa shape index (κ3) is 3.00. The van der Waals surface area contributed by atoms with Crippen LogP contribution in [0.15, 0.2) is 24.3 Å². The van der Waals surface area contributed by atoms with Crippen molar-refractivity contribution in [2.24, 2.45) is 5.92 Å². The van der Waals surface area contributed by atoms with Crippen LogP contribution in [0.4, 0.5) is 0 Å². The Balaban J connectivity index is 1.81. The monoisotopic (exact) mass is 248 g/mol. The lowest BCUT2D eigenvalue weighted by Crippen LogP contribution is -2.37. The summed E-state index contributed by atoms with van der Waals surface area (Å²) in [4.78, 5) is 25.3. The molecule has 1 aliphatic carbocycles. The maximum Gasteiger partial charge on any atom is 0.244 e. The molecule has 0 radical (unpaired) electrons. The number of amides is 2. The molecule has 0 spiro atoms. The van der Waals surface area contributed by atoms with Crippen LogP contribution in [-0.2, 0) is 9.59 Å². The van der Waals surface area contributed by atoms with Crippen LogP contribution in [0.5, 0.6) is 0 Å². The molecule has 0 bridgehead atoms. The summed E-state index contributed by atoms with van der Waals surface area (Å²) in [7, 11) is 0. The minimum absolute atomic E-state index is 0.0342. The van der Waals surface area contributed by atoms with Gasteiger partial charge in [-0.15, -0.1) is 0 Å². The van der Waals surface area contributed by atoms with Crippen LogP contribution < -0.4 is 5.32 Å². The molecule has 2 fully saturated rings. The van der Waals surface area contributed by atoms with E-state index in [1.807, 2.05) is 17.9 Å². The minimum Gasteiger partial charge on any atom is -0.348 e. The maximum absolute atomic E-state index is 11.8. The fourth-order valence-corrected chi connectivity index (χ4v) is 2.39. The maximum atomic E-state index is 11.8. The van der Waals surface area contributed by atoms with Gasteiger partial charge in [-0.1, -0.05) is 25.2 Å². The van der Waals surface area contributed by atoms with Crippen molar-refractivity contribution in [3.63, 3.8) is 0 Å². The Morgan fingerprint density at radius 1 is 1.44 bits per heavy atom. The summed E-state index contributed by atoms with van der Waals surface area (Å²) in [6, 6.07) is 0.381. The highest BCUT2D eigenvalue weighted by Gasteiger charge is 2.44. The Morgan fingerprint density at radius 3 is 2.78 bits per heavy atom. The summed E-state index contributed by atoms with van der Waals surface area (Å²) in [5.74, 6) is 0.668. The molecule has 1 heterocycles. The van der Waals surface area contributed by atoms with Gasteiger partial charge in [0.25, 0.3) is 0 Å². The zero-order valence-electron chi connectivity index (χ0n) is 10.9. The predicted octanol–water partition coefficient (Wildman–Crippen LogP) is 1.24. The fourth-order valence-electron chi connectivity index (χ4n) is 2.39. The van der Waals surface area contributed by atoms with E-state index in [0.29, 0.717) is 24.9 Å². The van der Waals surface area contributed by atoms with Crippen LogP contribution in [0.25, 0.3) is 0 Å². The average Bonchev–Trinajstić information content (AvgIpc) is 2.91. The normalized spacial score (nSPS) is 31.6. The van der Waals surface area contributed by atoms with Crippen LogP contribution in [-0.4, -0.2) is 35.3 Å². The van der Waals surface area contributed by atoms with Gasteiger partial charge in [-0.3, -0.25) is 9.59 Å². The Hall–Kier alpha value is -1.58. The van der Waals surface area contributed by atoms with Gasteiger partial charge in [0.05, 0.1) is 6.04 Å². The zero-order valence-corrected chi connectivity index (χ0v) is 10.9. The van der Waals surface area contributed by atoms with Gasteiger partial charge in [0.1, 0.15) is 0 Å². The van der Waals surface area contributed by atoms with E-state index >= 15 is 0 Å². The molecule has 0 aromatic heterocycles. The lowest BCUT2D eigenvalue weighted by atomic mass is 10.2. The smallest absolute Gasteiger partial charge is 0.244 e. The Bertz CT molecular complexity index is 401. The molecule has 4 heteroatoms. The van der Waals surface area contributed by atoms with Crippen molar-refractivity contribution in [1.29, 1.82) is 0 Å². The Labute approximate surface area is 108 Å². The lowest BCUT2D eigenvalue weighted by Gasteiger charge is -2.16. The number of hydrogen-bond acceptors (Lipinski definition) is 2. The first-order valence-electron chi connectivity index (χ1n) is 6.51. The number of hydrogen-bond donors (Lipinski definition) is 1. The van der Waals surface area contributed by atoms with E-state index in [0.717, 1.165) is 6.42 Å². The van der Waals surface area contributed by atoms with E-state index in [-0.39, 0.29) is 17.9 Å². The van der Waals surface area contributed by atoms with Gasteiger partial charge in [0.2, 0.25) is 11.8 Å². The molecule has 0 aromatic carbocycles. The Morgan fingerprint density at radius 2 is 2.17 bits per heavy atom. The molecule has 2 amide bonds. The van der Waals surface area contributed by atoms with Gasteiger partial charge < -0.3 is 10.2 Å². The van der Waals surface area contributed by atoms with Crippen molar-refractivity contribution >= 4 is 11.8 Å². The molecule has 4 nitrogen and oxygen atoms in total. The summed E-state index contributed by atoms with van der Waals surface area (Å²) >= 11 is 0. The minimum atomic E-state index is -0.128. The van der Waals surface area contributed by atoms with Gasteiger partial charge in [0, 0.05) is 25.1 Å². The first kappa shape index (κ1) is 12.9. The van der Waals surface area contributed by atoms with E-state index < -0.39 is 0 Å². The van der Waals surface area contributed by atoms with Crippen LogP contribution in [0.3, 0.4) is 0 Å². The average molecular weight is 248 g/mol. The first-order valence-corrected chi connectivity index (χ1v) is 6.51. The molecule has 1 saturated carbocycles. The van der Waals surface area contributed by atoms with E-state index in [1.165, 1.54) is 6.08 Å². The predicted molar refractivity (Wildman–Crippen MR) is 69.8 cm³/mol. The highest BCUT2D eigenvalue weighted by Crippen LogP contribution is 2.37. The summed E-state index contributed by atoms with van der Waals surface area (Å²) in [5, 5.41) is 2.87. The second-order valence-corrected chi connectivity index (χ2v) is 5.12. The summed E-state index contributed by atoms with van der Waals surface area (Å²) < 4.78 is 0. The first-order chi connectivity index (χ1) is 8.61. The number of allylic oxidation sites excluding steroid dienone is 3. The molecule has 2 aliphatic rings. The van der Waals surface area contributed by atoms with Gasteiger partial charge in [-0.05, 0) is 19.3 Å². The fraction of sp³-hybridized carbons (Fsp3) is 0.571. The number of nitrogens with zero attached hydrogens (tertiary/aromatic N) is 1. The largest absolute Gasteiger partial charge is 0.348 e. The molecule has 98 valence electrons. The van der Waals surface area contributed by atoms with Crippen LogP contribution >= 0.6 is 0 Å². The van der Waals surface area contributed by atoms with E-state index in [1.54, 1.807) is 12.2 Å². The van der Waals surface area contributed by atoms with Gasteiger partial charge in [-0.25, -0.2) is 0 Å². The van der Waals surface area contributed by atoms with Gasteiger partial charge in [0.15, 0.2) is 0 Å². The highest BCUT2D eigenvalue weighted by atomic mass is 16.2. The standard InChI is InChI=1S/C14H20N2O2/c1-3-4-5-6-13(17)15-11-8-14(18)16(9-11)12-7-10(12)2/h3-6,10-12H,7-9H2,1-2H3,(H,15,17)/b4-3+,6-5+. The molecule has 1 saturated heterocycles. The van der Waals surface area contributed by atoms with E-state index in [4.69, 9.17) is 0 Å². The molecule has 18 heavy (non-hydrogen) atoms. The topological polar surface area (TPSA) is 49.4 Å². The third-order valence-electron chi connectivity index (χ3n) is 3.52. The van der Waals surface area contributed by atoms with Crippen molar-refractivity contribution in [1.82, 2.24) is 10.2 Å². The van der Waals surface area contributed by atoms with Crippen LogP contribution in [0.2, 0.25) is 0 Å². The number of carbonyl (C=O) groups excluding carboxylic acids is 2.